The first-order valence-corrected chi connectivity index (χ1v) is 44.4. The number of hydrogen-bond donors (Lipinski definition) is 0. The Labute approximate surface area is 751 Å². The molecule has 17 aromatic carbocycles. The molecular weight excluding hydrogens is 1590 g/mol. The summed E-state index contributed by atoms with van der Waals surface area (Å²) >= 11 is 0. The SMILES string of the molecule is CC1(C)c2ccccc2-c2cc3c(cc21)oc1cccc(-c2cccc(-c4cc(-c5ccccc5)nc(-c5ccccc5)n4)c2)c13.CC1(C)c2ccccc2-c2cc3c(cc21)oc1cccc(-c2cccc(-c4nc(-c5ccccc5)nc(-c5ccccc5)n4)c2)c13.CC1(C)c2ccccc2-c2cc3c(cc21)oc1cccc(-c2nc(-c4ccccc4)c4ccccc4n2)c13. The Hall–Kier alpha value is -16.4. The Bertz CT molecular complexity index is 8040. The van der Waals surface area contributed by atoms with Crippen LogP contribution in [0.2, 0.25) is 0 Å². The summed E-state index contributed by atoms with van der Waals surface area (Å²) in [5, 5.41) is 7.72. The van der Waals surface area contributed by atoms with E-state index in [-0.39, 0.29) is 16.2 Å². The van der Waals surface area contributed by atoms with Crippen LogP contribution in [0.3, 0.4) is 0 Å². The van der Waals surface area contributed by atoms with E-state index in [1.165, 1.54) is 66.8 Å². The van der Waals surface area contributed by atoms with E-state index in [0.717, 1.165) is 161 Å². The van der Waals surface area contributed by atoms with E-state index in [0.29, 0.717) is 29.1 Å². The summed E-state index contributed by atoms with van der Waals surface area (Å²) in [5.74, 6) is 3.35. The van der Waals surface area contributed by atoms with Gasteiger partial charge in [0.05, 0.1) is 22.6 Å². The highest BCUT2D eigenvalue weighted by Crippen LogP contribution is 2.56. The number of para-hydroxylation sites is 1. The molecule has 3 aliphatic rings. The molecule has 10 heteroatoms. The van der Waals surface area contributed by atoms with E-state index in [1.54, 1.807) is 0 Å². The third-order valence-corrected chi connectivity index (χ3v) is 26.9. The maximum absolute atomic E-state index is 6.56. The first-order valence-electron chi connectivity index (χ1n) is 44.4. The number of furan rings is 3. The third kappa shape index (κ3) is 12.9. The third-order valence-electron chi connectivity index (χ3n) is 26.9. The summed E-state index contributed by atoms with van der Waals surface area (Å²) in [4.78, 5) is 35.1. The van der Waals surface area contributed by atoms with Crippen molar-refractivity contribution in [1.29, 1.82) is 0 Å². The van der Waals surface area contributed by atoms with Crippen LogP contribution in [0.1, 0.15) is 74.9 Å². The van der Waals surface area contributed by atoms with Gasteiger partial charge < -0.3 is 13.3 Å². The van der Waals surface area contributed by atoms with Gasteiger partial charge in [0.25, 0.3) is 0 Å². The van der Waals surface area contributed by atoms with Crippen molar-refractivity contribution in [1.82, 2.24) is 34.9 Å². The van der Waals surface area contributed by atoms with E-state index in [2.05, 4.69) is 308 Å². The molecule has 26 rings (SSSR count). The van der Waals surface area contributed by atoms with Crippen molar-refractivity contribution in [2.75, 3.05) is 0 Å². The zero-order valence-electron chi connectivity index (χ0n) is 72.4. The smallest absolute Gasteiger partial charge is 0.164 e. The van der Waals surface area contributed by atoms with Crippen molar-refractivity contribution >= 4 is 76.7 Å². The first-order chi connectivity index (χ1) is 63.7. The summed E-state index contributed by atoms with van der Waals surface area (Å²) in [6, 6.07) is 137. The fourth-order valence-corrected chi connectivity index (χ4v) is 20.4. The lowest BCUT2D eigenvalue weighted by atomic mass is 9.82. The highest BCUT2D eigenvalue weighted by molar-refractivity contribution is 6.17. The molecule has 0 atom stereocenters. The van der Waals surface area contributed by atoms with Gasteiger partial charge >= 0.3 is 0 Å². The number of nitrogens with zero attached hydrogens (tertiary/aromatic N) is 7. The standard InChI is InChI=1S/C43H30N2O.C42H29N3O.C35H24N2O/c1-43(2)35-21-10-9-19-32(35)33-24-34-40(25-36(33)43)46-39-22-12-20-31(41(34)39)29-17-11-18-30(23-29)38-26-37(27-13-5-3-6-14-27)44-42(45-38)28-15-7-4-8-16-28;1-42(2)34-21-10-9-19-31(34)32-24-33-37(25-35(32)42)46-36-22-12-20-30(38(33)36)28-17-11-18-29(23-28)41-44-39(26-13-5-3-6-14-26)43-40(45-41)27-15-7-4-8-16-27;1-35(2)27-16-8-6-13-22(27)25-19-26-31(20-28(25)35)38-30-18-10-15-24(32(26)30)34-36-29-17-9-7-14-23(29)33(37-34)21-11-4-3-5-12-21/h3-26H,1-2H3;3-25H,1-2H3;3-20H,1-2H3. The highest BCUT2D eigenvalue weighted by Gasteiger charge is 2.40. The van der Waals surface area contributed by atoms with Gasteiger partial charge in [-0.3, -0.25) is 0 Å². The fraction of sp³-hybridized carbons (Fsp3) is 0.0750. The molecule has 0 spiro atoms. The molecule has 0 saturated heterocycles. The molecule has 23 aromatic rings. The second-order valence-electron chi connectivity index (χ2n) is 35.7. The molecule has 3 aliphatic carbocycles. The molecule has 6 heterocycles. The van der Waals surface area contributed by atoms with Gasteiger partial charge in [0.2, 0.25) is 0 Å². The molecule has 0 radical (unpaired) electrons. The van der Waals surface area contributed by atoms with Gasteiger partial charge in [-0.05, 0) is 168 Å². The second kappa shape index (κ2) is 30.4. The maximum atomic E-state index is 6.56. The van der Waals surface area contributed by atoms with Crippen LogP contribution >= 0.6 is 0 Å². The molecule has 616 valence electrons. The van der Waals surface area contributed by atoms with Crippen LogP contribution < -0.4 is 0 Å². The van der Waals surface area contributed by atoms with Crippen LogP contribution in [0.15, 0.2) is 408 Å². The van der Waals surface area contributed by atoms with Gasteiger partial charge in [0.15, 0.2) is 29.1 Å². The predicted octanol–water partition coefficient (Wildman–Crippen LogP) is 31.3. The Balaban J connectivity index is 0.000000109. The summed E-state index contributed by atoms with van der Waals surface area (Å²) in [7, 11) is 0. The van der Waals surface area contributed by atoms with Crippen LogP contribution in [0.25, 0.3) is 223 Å². The quantitative estimate of drug-likeness (QED) is 0.130. The van der Waals surface area contributed by atoms with E-state index in [9.17, 15) is 0 Å². The van der Waals surface area contributed by atoms with Gasteiger partial charge in [-0.15, -0.1) is 0 Å². The highest BCUT2D eigenvalue weighted by atomic mass is 16.3. The van der Waals surface area contributed by atoms with Crippen molar-refractivity contribution < 1.29 is 13.3 Å². The van der Waals surface area contributed by atoms with E-state index < -0.39 is 0 Å². The van der Waals surface area contributed by atoms with Crippen molar-refractivity contribution in [2.45, 2.75) is 57.8 Å². The van der Waals surface area contributed by atoms with Crippen molar-refractivity contribution in [3.8, 4) is 146 Å². The molecule has 0 fully saturated rings. The van der Waals surface area contributed by atoms with Crippen LogP contribution in [0.5, 0.6) is 0 Å². The van der Waals surface area contributed by atoms with Crippen molar-refractivity contribution in [3.05, 3.63) is 428 Å². The minimum Gasteiger partial charge on any atom is -0.456 e. The molecular formula is C120H83N7O3. The van der Waals surface area contributed by atoms with Gasteiger partial charge in [-0.2, -0.15) is 0 Å². The zero-order valence-corrected chi connectivity index (χ0v) is 72.4. The lowest BCUT2D eigenvalue weighted by Crippen LogP contribution is -2.14. The number of rotatable bonds is 10. The monoisotopic (exact) mass is 1670 g/mol. The lowest BCUT2D eigenvalue weighted by molar-refractivity contribution is 0.647. The normalized spacial score (nSPS) is 13.3. The first kappa shape index (κ1) is 77.2. The van der Waals surface area contributed by atoms with E-state index >= 15 is 0 Å². The molecule has 0 amide bonds. The zero-order chi connectivity index (χ0) is 87.1. The minimum atomic E-state index is -0.0853. The average Bonchev–Trinajstić information content (AvgIpc) is 1.55. The van der Waals surface area contributed by atoms with Gasteiger partial charge in [-0.1, -0.05) is 357 Å². The number of hydrogen-bond acceptors (Lipinski definition) is 10. The van der Waals surface area contributed by atoms with Crippen LogP contribution in [0.4, 0.5) is 0 Å². The van der Waals surface area contributed by atoms with Gasteiger partial charge in [0, 0.05) is 98.5 Å². The van der Waals surface area contributed by atoms with Crippen LogP contribution in [-0.4, -0.2) is 34.9 Å². The summed E-state index contributed by atoms with van der Waals surface area (Å²) in [6.45, 7) is 13.8. The van der Waals surface area contributed by atoms with Crippen molar-refractivity contribution in [2.24, 2.45) is 0 Å². The largest absolute Gasteiger partial charge is 0.456 e. The average molecular weight is 1670 g/mol. The number of aromatic nitrogens is 7. The summed E-state index contributed by atoms with van der Waals surface area (Å²) in [6.07, 6.45) is 0. The predicted molar refractivity (Wildman–Crippen MR) is 530 cm³/mol. The molecule has 0 unspecified atom stereocenters. The maximum Gasteiger partial charge on any atom is 0.164 e. The molecule has 130 heavy (non-hydrogen) atoms. The molecule has 0 bridgehead atoms. The molecule has 10 nitrogen and oxygen atoms in total. The molecule has 0 N–H and O–H groups in total. The fourth-order valence-electron chi connectivity index (χ4n) is 20.4. The molecule has 6 aromatic heterocycles. The van der Waals surface area contributed by atoms with Gasteiger partial charge in [0.1, 0.15) is 33.5 Å². The van der Waals surface area contributed by atoms with Gasteiger partial charge in [-0.25, -0.2) is 34.9 Å². The second-order valence-corrected chi connectivity index (χ2v) is 35.7. The van der Waals surface area contributed by atoms with Crippen LogP contribution in [0, 0.1) is 0 Å². The number of fused-ring (bicyclic) bond motifs is 19. The lowest BCUT2D eigenvalue weighted by Gasteiger charge is -2.21. The van der Waals surface area contributed by atoms with Crippen molar-refractivity contribution in [3.63, 3.8) is 0 Å². The van der Waals surface area contributed by atoms with E-state index in [1.807, 2.05) is 127 Å². The van der Waals surface area contributed by atoms with Crippen LogP contribution in [-0.2, 0) is 16.2 Å². The Morgan fingerprint density at radius 1 is 0.177 bits per heavy atom. The summed E-state index contributed by atoms with van der Waals surface area (Å²) < 4.78 is 19.6. The summed E-state index contributed by atoms with van der Waals surface area (Å²) in [5.41, 5.74) is 37.0. The van der Waals surface area contributed by atoms with E-state index in [4.69, 9.17) is 48.1 Å². The topological polar surface area (TPSA) is 130 Å². The molecule has 0 saturated carbocycles. The Kier molecular flexibility index (Phi) is 18.1. The Morgan fingerprint density at radius 2 is 0.492 bits per heavy atom. The molecule has 0 aliphatic heterocycles. The minimum absolute atomic E-state index is 0.0754. The number of benzene rings is 17. The Morgan fingerprint density at radius 3 is 0.938 bits per heavy atom.